The van der Waals surface area contributed by atoms with Crippen molar-refractivity contribution in [1.29, 1.82) is 0 Å². The molecule has 2 rings (SSSR count). The number of nitrogens with one attached hydrogen (secondary N) is 1. The molecule has 3 N–H and O–H groups in total. The Balaban J connectivity index is 2.12. The third-order valence-electron chi connectivity index (χ3n) is 3.51. The van der Waals surface area contributed by atoms with Gasteiger partial charge < -0.3 is 15.8 Å². The van der Waals surface area contributed by atoms with Crippen molar-refractivity contribution < 1.29 is 9.53 Å². The van der Waals surface area contributed by atoms with Crippen molar-refractivity contribution in [3.05, 3.63) is 34.3 Å². The Bertz CT molecular complexity index is 481. The monoisotopic (exact) mass is 297 g/mol. The molecule has 1 aromatic rings. The molecule has 0 saturated carbocycles. The second-order valence-corrected chi connectivity index (χ2v) is 5.21. The van der Waals surface area contributed by atoms with Crippen molar-refractivity contribution in [2.24, 2.45) is 5.73 Å². The van der Waals surface area contributed by atoms with Gasteiger partial charge in [-0.1, -0.05) is 23.7 Å². The van der Waals surface area contributed by atoms with E-state index >= 15 is 0 Å². The van der Waals surface area contributed by atoms with Crippen LogP contribution in [-0.4, -0.2) is 43.7 Å². The molecule has 6 heteroatoms. The first-order valence-corrected chi connectivity index (χ1v) is 7.04. The van der Waals surface area contributed by atoms with Gasteiger partial charge in [-0.3, -0.25) is 9.69 Å². The zero-order valence-electron chi connectivity index (χ0n) is 11.6. The van der Waals surface area contributed by atoms with Crippen LogP contribution in [0.5, 0.6) is 0 Å². The van der Waals surface area contributed by atoms with E-state index in [0.717, 1.165) is 11.1 Å². The molecule has 1 aliphatic rings. The molecule has 20 heavy (non-hydrogen) atoms. The number of carbonyl (C=O) groups is 1. The van der Waals surface area contributed by atoms with Crippen LogP contribution >= 0.6 is 11.6 Å². The average molecular weight is 298 g/mol. The molecule has 0 spiro atoms. The number of nitrogens with two attached hydrogens (primary N) is 1. The van der Waals surface area contributed by atoms with Gasteiger partial charge in [0.05, 0.1) is 13.2 Å². The molecule has 1 saturated heterocycles. The molecule has 1 fully saturated rings. The van der Waals surface area contributed by atoms with Crippen molar-refractivity contribution in [3.8, 4) is 0 Å². The van der Waals surface area contributed by atoms with Crippen LogP contribution in [0.4, 0.5) is 0 Å². The molecule has 0 aliphatic carbocycles. The van der Waals surface area contributed by atoms with E-state index in [-0.39, 0.29) is 11.9 Å². The van der Waals surface area contributed by atoms with Crippen LogP contribution in [0, 0.1) is 0 Å². The van der Waals surface area contributed by atoms with E-state index < -0.39 is 0 Å². The van der Waals surface area contributed by atoms with Crippen molar-refractivity contribution in [2.45, 2.75) is 19.1 Å². The lowest BCUT2D eigenvalue weighted by atomic mass is 10.1. The van der Waals surface area contributed by atoms with E-state index in [9.17, 15) is 4.79 Å². The number of ether oxygens (including phenoxy) is 1. The summed E-state index contributed by atoms with van der Waals surface area (Å²) < 4.78 is 5.39. The SMILES string of the molecule is CNC(=O)C1COCCN1Cc1ccc(CN)cc1Cl. The van der Waals surface area contributed by atoms with Crippen LogP contribution in [-0.2, 0) is 22.6 Å². The number of carbonyl (C=O) groups excluding carboxylic acids is 1. The van der Waals surface area contributed by atoms with Crippen LogP contribution in [0.25, 0.3) is 0 Å². The minimum Gasteiger partial charge on any atom is -0.378 e. The van der Waals surface area contributed by atoms with Gasteiger partial charge in [0.1, 0.15) is 6.04 Å². The van der Waals surface area contributed by atoms with E-state index in [2.05, 4.69) is 10.2 Å². The smallest absolute Gasteiger partial charge is 0.239 e. The van der Waals surface area contributed by atoms with Gasteiger partial charge >= 0.3 is 0 Å². The zero-order valence-corrected chi connectivity index (χ0v) is 12.3. The minimum absolute atomic E-state index is 0.0283. The average Bonchev–Trinajstić information content (AvgIpc) is 2.49. The lowest BCUT2D eigenvalue weighted by molar-refractivity contribution is -0.132. The molecule has 0 bridgehead atoms. The van der Waals surface area contributed by atoms with E-state index in [0.29, 0.717) is 37.9 Å². The minimum atomic E-state index is -0.265. The van der Waals surface area contributed by atoms with Gasteiger partial charge in [0.2, 0.25) is 5.91 Å². The Morgan fingerprint density at radius 3 is 3.05 bits per heavy atom. The first-order valence-electron chi connectivity index (χ1n) is 6.66. The van der Waals surface area contributed by atoms with E-state index in [1.165, 1.54) is 0 Å². The summed E-state index contributed by atoms with van der Waals surface area (Å²) in [6.07, 6.45) is 0. The maximum Gasteiger partial charge on any atom is 0.239 e. The third-order valence-corrected chi connectivity index (χ3v) is 3.87. The number of benzene rings is 1. The highest BCUT2D eigenvalue weighted by Gasteiger charge is 2.28. The normalized spacial score (nSPS) is 19.9. The summed E-state index contributed by atoms with van der Waals surface area (Å²) in [7, 11) is 1.64. The van der Waals surface area contributed by atoms with E-state index in [1.807, 2.05) is 18.2 Å². The maximum absolute atomic E-state index is 11.9. The molecule has 5 nitrogen and oxygen atoms in total. The van der Waals surface area contributed by atoms with Gasteiger partial charge in [-0.2, -0.15) is 0 Å². The predicted octanol–water partition coefficient (Wildman–Crippen LogP) is 0.745. The number of nitrogens with zero attached hydrogens (tertiary/aromatic N) is 1. The highest BCUT2D eigenvalue weighted by atomic mass is 35.5. The number of hydrogen-bond acceptors (Lipinski definition) is 4. The molecular formula is C14H20ClN3O2. The number of rotatable bonds is 4. The second-order valence-electron chi connectivity index (χ2n) is 4.81. The first-order chi connectivity index (χ1) is 9.65. The summed E-state index contributed by atoms with van der Waals surface area (Å²) in [4.78, 5) is 14.0. The second kappa shape index (κ2) is 7.04. The molecule has 1 heterocycles. The van der Waals surface area contributed by atoms with Crippen molar-refractivity contribution >= 4 is 17.5 Å². The molecule has 1 atom stereocenters. The fourth-order valence-corrected chi connectivity index (χ4v) is 2.56. The van der Waals surface area contributed by atoms with Crippen LogP contribution < -0.4 is 11.1 Å². The standard InChI is InChI=1S/C14H20ClN3O2/c1-17-14(19)13-9-20-5-4-18(13)8-11-3-2-10(7-16)6-12(11)15/h2-3,6,13H,4-5,7-9,16H2,1H3,(H,17,19). The van der Waals surface area contributed by atoms with Crippen LogP contribution in [0.15, 0.2) is 18.2 Å². The number of hydrogen-bond donors (Lipinski definition) is 2. The van der Waals surface area contributed by atoms with Crippen LogP contribution in [0.2, 0.25) is 5.02 Å². The van der Waals surface area contributed by atoms with Gasteiger partial charge in [-0.25, -0.2) is 0 Å². The van der Waals surface area contributed by atoms with Crippen molar-refractivity contribution in [1.82, 2.24) is 10.2 Å². The first kappa shape index (κ1) is 15.3. The number of halogens is 1. The summed E-state index contributed by atoms with van der Waals surface area (Å²) >= 11 is 6.27. The summed E-state index contributed by atoms with van der Waals surface area (Å²) in [6, 6.07) is 5.56. The maximum atomic E-state index is 11.9. The van der Waals surface area contributed by atoms with Crippen molar-refractivity contribution in [3.63, 3.8) is 0 Å². The summed E-state index contributed by atoms with van der Waals surface area (Å²) in [5, 5.41) is 3.36. The fourth-order valence-electron chi connectivity index (χ4n) is 2.30. The Kier molecular flexibility index (Phi) is 5.37. The highest BCUT2D eigenvalue weighted by Crippen LogP contribution is 2.21. The third kappa shape index (κ3) is 3.49. The number of amides is 1. The fraction of sp³-hybridized carbons (Fsp3) is 0.500. The van der Waals surface area contributed by atoms with Crippen molar-refractivity contribution in [2.75, 3.05) is 26.8 Å². The van der Waals surface area contributed by atoms with Crippen LogP contribution in [0.1, 0.15) is 11.1 Å². The van der Waals surface area contributed by atoms with Gasteiger partial charge in [0, 0.05) is 31.7 Å². The summed E-state index contributed by atoms with van der Waals surface area (Å²) in [5.74, 6) is -0.0283. The Hall–Kier alpha value is -1.14. The van der Waals surface area contributed by atoms with Gasteiger partial charge in [-0.15, -0.1) is 0 Å². The number of likely N-dealkylation sites (N-methyl/N-ethyl adjacent to an activating group) is 1. The quantitative estimate of drug-likeness (QED) is 0.860. The predicted molar refractivity (Wildman–Crippen MR) is 78.4 cm³/mol. The molecule has 1 aliphatic heterocycles. The lowest BCUT2D eigenvalue weighted by Crippen LogP contribution is -2.52. The Morgan fingerprint density at radius 2 is 2.40 bits per heavy atom. The highest BCUT2D eigenvalue weighted by molar-refractivity contribution is 6.31. The largest absolute Gasteiger partial charge is 0.378 e. The molecular weight excluding hydrogens is 278 g/mol. The van der Waals surface area contributed by atoms with Gasteiger partial charge in [0.25, 0.3) is 0 Å². The number of morpholine rings is 1. The summed E-state index contributed by atoms with van der Waals surface area (Å²) in [5.41, 5.74) is 7.60. The van der Waals surface area contributed by atoms with E-state index in [4.69, 9.17) is 22.1 Å². The molecule has 0 radical (unpaired) electrons. The van der Waals surface area contributed by atoms with Gasteiger partial charge in [0.15, 0.2) is 0 Å². The molecule has 0 aromatic heterocycles. The molecule has 1 aromatic carbocycles. The lowest BCUT2D eigenvalue weighted by Gasteiger charge is -2.34. The Labute approximate surface area is 124 Å². The van der Waals surface area contributed by atoms with E-state index in [1.54, 1.807) is 7.05 Å². The Morgan fingerprint density at radius 1 is 1.60 bits per heavy atom. The molecule has 110 valence electrons. The zero-order chi connectivity index (χ0) is 14.5. The molecule has 1 amide bonds. The molecule has 1 unspecified atom stereocenters. The summed E-state index contributed by atoms with van der Waals surface area (Å²) in [6.45, 7) is 2.86. The van der Waals surface area contributed by atoms with Crippen LogP contribution in [0.3, 0.4) is 0 Å². The topological polar surface area (TPSA) is 67.6 Å². The van der Waals surface area contributed by atoms with Gasteiger partial charge in [-0.05, 0) is 17.2 Å².